The molecule has 0 radical (unpaired) electrons. The highest BCUT2D eigenvalue weighted by Gasteiger charge is 2.16. The van der Waals surface area contributed by atoms with Gasteiger partial charge in [0, 0.05) is 31.0 Å². The van der Waals surface area contributed by atoms with Crippen LogP contribution >= 0.6 is 0 Å². The van der Waals surface area contributed by atoms with E-state index >= 15 is 0 Å². The number of hydrogen-bond acceptors (Lipinski definition) is 5. The van der Waals surface area contributed by atoms with Crippen molar-refractivity contribution in [1.29, 1.82) is 0 Å². The van der Waals surface area contributed by atoms with Crippen molar-refractivity contribution in [2.45, 2.75) is 26.7 Å². The predicted octanol–water partition coefficient (Wildman–Crippen LogP) is 2.15. The van der Waals surface area contributed by atoms with Gasteiger partial charge in [-0.2, -0.15) is 0 Å². The van der Waals surface area contributed by atoms with E-state index in [2.05, 4.69) is 19.2 Å². The SMILES string of the molecule is CC(C)CC(CCO)CNc1ccc([N+](=O)[O-])cc1C(N)=O. The third-order valence-corrected chi connectivity index (χ3v) is 3.40. The normalized spacial score (nSPS) is 12.2. The molecule has 0 fully saturated rings. The largest absolute Gasteiger partial charge is 0.396 e. The van der Waals surface area contributed by atoms with Crippen molar-refractivity contribution in [3.8, 4) is 0 Å². The van der Waals surface area contributed by atoms with Gasteiger partial charge in [-0.25, -0.2) is 0 Å². The number of nitro benzene ring substituents is 1. The fourth-order valence-electron chi connectivity index (χ4n) is 2.41. The minimum Gasteiger partial charge on any atom is -0.396 e. The molecule has 0 heterocycles. The molecule has 1 amide bonds. The molecule has 1 rings (SSSR count). The van der Waals surface area contributed by atoms with Gasteiger partial charge in [0.15, 0.2) is 0 Å². The zero-order valence-electron chi connectivity index (χ0n) is 12.9. The van der Waals surface area contributed by atoms with Gasteiger partial charge in [-0.05, 0) is 30.7 Å². The number of aliphatic hydroxyl groups is 1. The molecule has 0 saturated heterocycles. The highest BCUT2D eigenvalue weighted by Crippen LogP contribution is 2.23. The standard InChI is InChI=1S/C15H23N3O4/c1-10(2)7-11(5-6-19)9-17-14-4-3-12(18(21)22)8-13(14)15(16)20/h3-4,8,10-11,17,19H,5-7,9H2,1-2H3,(H2,16,20). The number of hydrogen-bond donors (Lipinski definition) is 3. The maximum atomic E-state index is 11.5. The summed E-state index contributed by atoms with van der Waals surface area (Å²) in [5.41, 5.74) is 5.69. The Bertz CT molecular complexity index is 532. The van der Waals surface area contributed by atoms with Crippen molar-refractivity contribution in [1.82, 2.24) is 0 Å². The summed E-state index contributed by atoms with van der Waals surface area (Å²) in [5.74, 6) is 0.0282. The summed E-state index contributed by atoms with van der Waals surface area (Å²) in [6, 6.07) is 4.00. The number of carbonyl (C=O) groups is 1. The first-order valence-electron chi connectivity index (χ1n) is 7.28. The van der Waals surface area contributed by atoms with Crippen molar-refractivity contribution < 1.29 is 14.8 Å². The Labute approximate surface area is 129 Å². The summed E-state index contributed by atoms with van der Waals surface area (Å²) in [6.07, 6.45) is 1.59. The van der Waals surface area contributed by atoms with Crippen LogP contribution in [0.15, 0.2) is 18.2 Å². The average molecular weight is 309 g/mol. The van der Waals surface area contributed by atoms with Gasteiger partial charge in [-0.3, -0.25) is 14.9 Å². The lowest BCUT2D eigenvalue weighted by atomic mass is 9.94. The van der Waals surface area contributed by atoms with Crippen LogP contribution in [0.5, 0.6) is 0 Å². The van der Waals surface area contributed by atoms with Gasteiger partial charge >= 0.3 is 0 Å². The Balaban J connectivity index is 2.87. The summed E-state index contributed by atoms with van der Waals surface area (Å²) in [7, 11) is 0. The van der Waals surface area contributed by atoms with E-state index in [4.69, 9.17) is 10.8 Å². The first-order valence-corrected chi connectivity index (χ1v) is 7.28. The second-order valence-corrected chi connectivity index (χ2v) is 5.74. The van der Waals surface area contributed by atoms with Gasteiger partial charge in [-0.15, -0.1) is 0 Å². The number of nitrogens with one attached hydrogen (secondary N) is 1. The number of nitrogens with two attached hydrogens (primary N) is 1. The van der Waals surface area contributed by atoms with Crippen molar-refractivity contribution in [2.75, 3.05) is 18.5 Å². The molecule has 1 aromatic rings. The number of non-ortho nitro benzene ring substituents is 1. The number of amides is 1. The number of nitrogens with zero attached hydrogens (tertiary/aromatic N) is 1. The molecule has 0 aromatic heterocycles. The van der Waals surface area contributed by atoms with Crippen LogP contribution in [0.4, 0.5) is 11.4 Å². The molecule has 0 aliphatic carbocycles. The first kappa shape index (κ1) is 17.9. The molecule has 4 N–H and O–H groups in total. The number of anilines is 1. The fourth-order valence-corrected chi connectivity index (χ4v) is 2.41. The first-order chi connectivity index (χ1) is 10.3. The zero-order valence-corrected chi connectivity index (χ0v) is 12.9. The van der Waals surface area contributed by atoms with Crippen LogP contribution in [0.2, 0.25) is 0 Å². The van der Waals surface area contributed by atoms with Crippen LogP contribution < -0.4 is 11.1 Å². The fraction of sp³-hybridized carbons (Fsp3) is 0.533. The topological polar surface area (TPSA) is 118 Å². The smallest absolute Gasteiger partial charge is 0.270 e. The number of aliphatic hydroxyl groups excluding tert-OH is 1. The Kier molecular flexibility index (Phi) is 6.78. The molecular formula is C15H23N3O4. The Morgan fingerprint density at radius 2 is 2.14 bits per heavy atom. The number of primary amides is 1. The summed E-state index contributed by atoms with van der Waals surface area (Å²) in [4.78, 5) is 21.7. The summed E-state index contributed by atoms with van der Waals surface area (Å²) in [6.45, 7) is 4.87. The van der Waals surface area contributed by atoms with Gasteiger partial charge < -0.3 is 16.2 Å². The summed E-state index contributed by atoms with van der Waals surface area (Å²) in [5, 5.41) is 23.0. The number of nitro groups is 1. The van der Waals surface area contributed by atoms with Crippen LogP contribution in [0.25, 0.3) is 0 Å². The Morgan fingerprint density at radius 1 is 1.45 bits per heavy atom. The van der Waals surface area contributed by atoms with E-state index in [1.807, 2.05) is 0 Å². The molecule has 0 saturated carbocycles. The molecule has 0 spiro atoms. The van der Waals surface area contributed by atoms with Crippen molar-refractivity contribution in [2.24, 2.45) is 17.6 Å². The van der Waals surface area contributed by atoms with E-state index < -0.39 is 10.8 Å². The molecular weight excluding hydrogens is 286 g/mol. The lowest BCUT2D eigenvalue weighted by molar-refractivity contribution is -0.384. The minimum absolute atomic E-state index is 0.0986. The summed E-state index contributed by atoms with van der Waals surface area (Å²) >= 11 is 0. The molecule has 22 heavy (non-hydrogen) atoms. The monoisotopic (exact) mass is 309 g/mol. The zero-order chi connectivity index (χ0) is 16.7. The van der Waals surface area contributed by atoms with E-state index in [1.54, 1.807) is 0 Å². The predicted molar refractivity (Wildman–Crippen MR) is 84.8 cm³/mol. The second kappa shape index (κ2) is 8.33. The van der Waals surface area contributed by atoms with Crippen LogP contribution in [-0.4, -0.2) is 29.1 Å². The highest BCUT2D eigenvalue weighted by molar-refractivity contribution is 5.99. The van der Waals surface area contributed by atoms with Crippen LogP contribution in [0, 0.1) is 22.0 Å². The lowest BCUT2D eigenvalue weighted by Crippen LogP contribution is -2.20. The van der Waals surface area contributed by atoms with Gasteiger partial charge in [-0.1, -0.05) is 13.8 Å². The molecule has 0 aliphatic rings. The second-order valence-electron chi connectivity index (χ2n) is 5.74. The number of rotatable bonds is 9. The van der Waals surface area contributed by atoms with Crippen LogP contribution in [-0.2, 0) is 0 Å². The third kappa shape index (κ3) is 5.33. The van der Waals surface area contributed by atoms with Crippen molar-refractivity contribution in [3.05, 3.63) is 33.9 Å². The average Bonchev–Trinajstić information content (AvgIpc) is 2.44. The van der Waals surface area contributed by atoms with E-state index in [0.29, 0.717) is 24.6 Å². The molecule has 0 aliphatic heterocycles. The molecule has 1 aromatic carbocycles. The number of carbonyl (C=O) groups excluding carboxylic acids is 1. The third-order valence-electron chi connectivity index (χ3n) is 3.40. The van der Waals surface area contributed by atoms with E-state index in [9.17, 15) is 14.9 Å². The van der Waals surface area contributed by atoms with Crippen molar-refractivity contribution >= 4 is 17.3 Å². The van der Waals surface area contributed by atoms with E-state index in [-0.39, 0.29) is 23.8 Å². The van der Waals surface area contributed by atoms with E-state index in [0.717, 1.165) is 6.42 Å². The molecule has 0 bridgehead atoms. The lowest BCUT2D eigenvalue weighted by Gasteiger charge is -2.20. The Morgan fingerprint density at radius 3 is 2.64 bits per heavy atom. The molecule has 1 unspecified atom stereocenters. The minimum atomic E-state index is -0.714. The van der Waals surface area contributed by atoms with Gasteiger partial charge in [0.25, 0.3) is 11.6 Å². The van der Waals surface area contributed by atoms with Crippen molar-refractivity contribution in [3.63, 3.8) is 0 Å². The van der Waals surface area contributed by atoms with Crippen LogP contribution in [0.3, 0.4) is 0 Å². The molecule has 7 heteroatoms. The van der Waals surface area contributed by atoms with Gasteiger partial charge in [0.1, 0.15) is 0 Å². The summed E-state index contributed by atoms with van der Waals surface area (Å²) < 4.78 is 0. The maximum absolute atomic E-state index is 11.5. The van der Waals surface area contributed by atoms with Crippen LogP contribution in [0.1, 0.15) is 37.0 Å². The molecule has 1 atom stereocenters. The quantitative estimate of drug-likeness (QED) is 0.477. The van der Waals surface area contributed by atoms with E-state index in [1.165, 1.54) is 18.2 Å². The Hall–Kier alpha value is -2.15. The van der Waals surface area contributed by atoms with Gasteiger partial charge in [0.05, 0.1) is 10.5 Å². The maximum Gasteiger partial charge on any atom is 0.270 e. The molecule has 122 valence electrons. The molecule has 7 nitrogen and oxygen atoms in total. The number of benzene rings is 1. The van der Waals surface area contributed by atoms with Gasteiger partial charge in [0.2, 0.25) is 0 Å². The highest BCUT2D eigenvalue weighted by atomic mass is 16.6.